The van der Waals surface area contributed by atoms with Crippen molar-refractivity contribution in [2.45, 2.75) is 86.6 Å². The summed E-state index contributed by atoms with van der Waals surface area (Å²) >= 11 is 0. The molecule has 0 aromatic heterocycles. The molecule has 6 heteroatoms. The van der Waals surface area contributed by atoms with Gasteiger partial charge in [0.2, 0.25) is 0 Å². The average molecular weight is 411 g/mol. The highest BCUT2D eigenvalue weighted by molar-refractivity contribution is 7.85. The average Bonchev–Trinajstić information content (AvgIpc) is 3.23. The normalized spacial score (nSPS) is 32.8. The van der Waals surface area contributed by atoms with E-state index in [-0.39, 0.29) is 24.2 Å². The van der Waals surface area contributed by atoms with Gasteiger partial charge in [-0.25, -0.2) is 0 Å². The van der Waals surface area contributed by atoms with Crippen LogP contribution in [0.1, 0.15) is 51.9 Å². The monoisotopic (exact) mass is 410 g/mol. The summed E-state index contributed by atoms with van der Waals surface area (Å²) in [5.74, 6) is -0.199. The highest BCUT2D eigenvalue weighted by atomic mass is 32.2. The van der Waals surface area contributed by atoms with E-state index >= 15 is 0 Å². The molecule has 3 rings (SSSR count). The van der Waals surface area contributed by atoms with Crippen LogP contribution in [0.25, 0.3) is 0 Å². The standard InChI is InChI=1S/C22H34O5S/c1-3-4-5-9-12-17(23)22(28(25)15-10-7-6-8-11-15)21-16-13-20(26-2)27-19(16)14-18(21)24/h6-8,10-11,16-24H,3-5,9,12-14H2,1-2H3/t16-,17?,18?,19-,20?,21?,22?,28?/m1/s1. The number of hydrogen-bond acceptors (Lipinski definition) is 5. The van der Waals surface area contributed by atoms with Crippen LogP contribution in [0.5, 0.6) is 0 Å². The zero-order valence-electron chi connectivity index (χ0n) is 16.9. The third-order valence-corrected chi connectivity index (χ3v) is 8.14. The lowest BCUT2D eigenvalue weighted by molar-refractivity contribution is -0.118. The van der Waals surface area contributed by atoms with Gasteiger partial charge in [-0.15, -0.1) is 0 Å². The summed E-state index contributed by atoms with van der Waals surface area (Å²) in [5.41, 5.74) is 0. The molecule has 2 fully saturated rings. The van der Waals surface area contributed by atoms with E-state index in [2.05, 4.69) is 6.92 Å². The molecule has 1 aromatic carbocycles. The van der Waals surface area contributed by atoms with Crippen LogP contribution in [-0.4, -0.2) is 51.4 Å². The number of methoxy groups -OCH3 is 1. The number of benzene rings is 1. The molecule has 2 aliphatic rings. The first-order valence-electron chi connectivity index (χ1n) is 10.6. The van der Waals surface area contributed by atoms with Crippen LogP contribution in [0.15, 0.2) is 35.2 Å². The highest BCUT2D eigenvalue weighted by Crippen LogP contribution is 2.47. The van der Waals surface area contributed by atoms with Crippen LogP contribution in [-0.2, 0) is 20.3 Å². The third kappa shape index (κ3) is 4.85. The van der Waals surface area contributed by atoms with Crippen molar-refractivity contribution in [1.29, 1.82) is 0 Å². The van der Waals surface area contributed by atoms with E-state index in [0.29, 0.717) is 24.2 Å². The van der Waals surface area contributed by atoms with Gasteiger partial charge in [0.25, 0.3) is 0 Å². The van der Waals surface area contributed by atoms with Gasteiger partial charge >= 0.3 is 0 Å². The second-order valence-corrected chi connectivity index (χ2v) is 9.72. The Bertz CT molecular complexity index is 625. The molecule has 1 saturated carbocycles. The summed E-state index contributed by atoms with van der Waals surface area (Å²) < 4.78 is 24.8. The maximum atomic E-state index is 13.5. The molecule has 6 unspecified atom stereocenters. The summed E-state index contributed by atoms with van der Waals surface area (Å²) in [6, 6.07) is 9.31. The van der Waals surface area contributed by atoms with Crippen LogP contribution >= 0.6 is 0 Å². The molecule has 158 valence electrons. The second-order valence-electron chi connectivity index (χ2n) is 8.11. The van der Waals surface area contributed by atoms with Gasteiger partial charge in [-0.3, -0.25) is 4.21 Å². The van der Waals surface area contributed by atoms with Gasteiger partial charge in [-0.2, -0.15) is 0 Å². The molecule has 1 aliphatic carbocycles. The van der Waals surface area contributed by atoms with E-state index in [0.717, 1.165) is 25.7 Å². The SMILES string of the molecule is CCCCCCC(O)C(C1C(O)C[C@H]2OC(OC)C[C@@H]12)S(=O)c1ccccc1. The molecule has 0 amide bonds. The van der Waals surface area contributed by atoms with Crippen molar-refractivity contribution in [2.24, 2.45) is 11.8 Å². The van der Waals surface area contributed by atoms with E-state index in [1.807, 2.05) is 30.3 Å². The summed E-state index contributed by atoms with van der Waals surface area (Å²) in [7, 11) is 0.226. The van der Waals surface area contributed by atoms with Gasteiger partial charge in [0, 0.05) is 30.8 Å². The molecule has 0 spiro atoms. The minimum absolute atomic E-state index is 0.0582. The zero-order valence-corrected chi connectivity index (χ0v) is 17.7. The minimum atomic E-state index is -1.40. The first-order chi connectivity index (χ1) is 13.6. The fourth-order valence-electron chi connectivity index (χ4n) is 4.85. The zero-order chi connectivity index (χ0) is 20.1. The number of aliphatic hydroxyl groups excluding tert-OH is 2. The molecule has 1 aliphatic heterocycles. The molecular weight excluding hydrogens is 376 g/mol. The number of ether oxygens (including phenoxy) is 2. The van der Waals surface area contributed by atoms with Crippen molar-refractivity contribution < 1.29 is 23.9 Å². The number of unbranched alkanes of at least 4 members (excludes halogenated alkanes) is 3. The Kier molecular flexibility index (Phi) is 8.06. The van der Waals surface area contributed by atoms with E-state index in [1.165, 1.54) is 0 Å². The Balaban J connectivity index is 1.82. The van der Waals surface area contributed by atoms with Gasteiger partial charge in [-0.1, -0.05) is 50.8 Å². The van der Waals surface area contributed by atoms with E-state index in [9.17, 15) is 14.4 Å². The van der Waals surface area contributed by atoms with Crippen molar-refractivity contribution in [3.8, 4) is 0 Å². The van der Waals surface area contributed by atoms with Crippen molar-refractivity contribution in [3.63, 3.8) is 0 Å². The number of hydrogen-bond donors (Lipinski definition) is 2. The lowest BCUT2D eigenvalue weighted by Gasteiger charge is -2.33. The van der Waals surface area contributed by atoms with Gasteiger partial charge in [-0.05, 0) is 24.5 Å². The van der Waals surface area contributed by atoms with Crippen LogP contribution in [0, 0.1) is 11.8 Å². The fraction of sp³-hybridized carbons (Fsp3) is 0.727. The number of rotatable bonds is 10. The van der Waals surface area contributed by atoms with Crippen LogP contribution in [0.2, 0.25) is 0 Å². The van der Waals surface area contributed by atoms with Gasteiger partial charge < -0.3 is 19.7 Å². The maximum Gasteiger partial charge on any atom is 0.157 e. The van der Waals surface area contributed by atoms with Gasteiger partial charge in [0.1, 0.15) is 0 Å². The van der Waals surface area contributed by atoms with Crippen LogP contribution in [0.4, 0.5) is 0 Å². The lowest BCUT2D eigenvalue weighted by atomic mass is 9.85. The van der Waals surface area contributed by atoms with Crippen molar-refractivity contribution in [3.05, 3.63) is 30.3 Å². The molecular formula is C22H34O5S. The van der Waals surface area contributed by atoms with Crippen LogP contribution < -0.4 is 0 Å². The van der Waals surface area contributed by atoms with Crippen molar-refractivity contribution in [2.75, 3.05) is 7.11 Å². The maximum absolute atomic E-state index is 13.5. The highest BCUT2D eigenvalue weighted by Gasteiger charge is 2.54. The molecule has 8 atom stereocenters. The largest absolute Gasteiger partial charge is 0.393 e. The Morgan fingerprint density at radius 2 is 1.96 bits per heavy atom. The first-order valence-corrected chi connectivity index (χ1v) is 11.8. The summed E-state index contributed by atoms with van der Waals surface area (Å²) in [5, 5.41) is 21.4. The smallest absolute Gasteiger partial charge is 0.157 e. The molecule has 5 nitrogen and oxygen atoms in total. The summed E-state index contributed by atoms with van der Waals surface area (Å²) in [6.45, 7) is 2.16. The van der Waals surface area contributed by atoms with Gasteiger partial charge in [0.05, 0.1) is 34.4 Å². The Hall–Kier alpha value is -0.790. The second kappa shape index (κ2) is 10.3. The molecule has 1 heterocycles. The Morgan fingerprint density at radius 3 is 2.64 bits per heavy atom. The molecule has 28 heavy (non-hydrogen) atoms. The third-order valence-electron chi connectivity index (χ3n) is 6.28. The lowest BCUT2D eigenvalue weighted by Crippen LogP contribution is -2.44. The minimum Gasteiger partial charge on any atom is -0.393 e. The topological polar surface area (TPSA) is 76.0 Å². The molecule has 0 bridgehead atoms. The number of aliphatic hydroxyl groups is 2. The molecule has 1 aromatic rings. The predicted molar refractivity (Wildman–Crippen MR) is 109 cm³/mol. The van der Waals surface area contributed by atoms with E-state index in [1.54, 1.807) is 7.11 Å². The predicted octanol–water partition coefficient (Wildman–Crippen LogP) is 3.25. The van der Waals surface area contributed by atoms with Crippen molar-refractivity contribution >= 4 is 10.8 Å². The molecule has 1 saturated heterocycles. The molecule has 0 radical (unpaired) electrons. The fourth-order valence-corrected chi connectivity index (χ4v) is 6.68. The van der Waals surface area contributed by atoms with Gasteiger partial charge in [0.15, 0.2) is 6.29 Å². The van der Waals surface area contributed by atoms with Crippen molar-refractivity contribution in [1.82, 2.24) is 0 Å². The first kappa shape index (κ1) is 21.9. The summed E-state index contributed by atoms with van der Waals surface area (Å²) in [4.78, 5) is 0.706. The number of fused-ring (bicyclic) bond motifs is 1. The summed E-state index contributed by atoms with van der Waals surface area (Å²) in [6.07, 6.45) is 4.35. The van der Waals surface area contributed by atoms with E-state index in [4.69, 9.17) is 9.47 Å². The Morgan fingerprint density at radius 1 is 1.21 bits per heavy atom. The van der Waals surface area contributed by atoms with Crippen LogP contribution in [0.3, 0.4) is 0 Å². The van der Waals surface area contributed by atoms with E-state index < -0.39 is 28.3 Å². The quantitative estimate of drug-likeness (QED) is 0.579. The Labute approximate surface area is 170 Å². The molecule has 2 N–H and O–H groups in total.